The number of amides is 2. The van der Waals surface area contributed by atoms with E-state index >= 15 is 0 Å². The van der Waals surface area contributed by atoms with Crippen LogP contribution < -0.4 is 19.7 Å². The van der Waals surface area contributed by atoms with Crippen LogP contribution in [0.5, 0.6) is 11.5 Å². The summed E-state index contributed by atoms with van der Waals surface area (Å²) < 4.78 is 15.4. The third-order valence-corrected chi connectivity index (χ3v) is 4.87. The first-order chi connectivity index (χ1) is 14.1. The highest BCUT2D eigenvalue weighted by atomic mass is 16.5. The number of piperazine rings is 1. The lowest BCUT2D eigenvalue weighted by Crippen LogP contribution is -2.50. The maximum Gasteiger partial charge on any atom is 0.339 e. The number of hydrogen-bond acceptors (Lipinski definition) is 6. The van der Waals surface area contributed by atoms with Crippen molar-refractivity contribution in [2.75, 3.05) is 57.7 Å². The fourth-order valence-electron chi connectivity index (χ4n) is 3.26. The summed E-state index contributed by atoms with van der Waals surface area (Å²) in [4.78, 5) is 28.5. The van der Waals surface area contributed by atoms with Crippen LogP contribution in [0, 0.1) is 0 Å². The quantitative estimate of drug-likeness (QED) is 0.779. The highest BCUT2D eigenvalue weighted by molar-refractivity contribution is 6.00. The first-order valence-electron chi connectivity index (χ1n) is 9.27. The molecule has 0 atom stereocenters. The molecule has 1 aliphatic heterocycles. The van der Waals surface area contributed by atoms with Crippen LogP contribution in [0.15, 0.2) is 42.5 Å². The summed E-state index contributed by atoms with van der Waals surface area (Å²) in [6.07, 6.45) is 0. The Labute approximate surface area is 170 Å². The largest absolute Gasteiger partial charge is 0.493 e. The second-order valence-electron chi connectivity index (χ2n) is 6.48. The maximum atomic E-state index is 12.7. The second kappa shape index (κ2) is 9.18. The molecule has 1 N–H and O–H groups in total. The van der Waals surface area contributed by atoms with E-state index in [2.05, 4.69) is 10.2 Å². The highest BCUT2D eigenvalue weighted by Gasteiger charge is 2.23. The number of urea groups is 1. The molecule has 0 unspecified atom stereocenters. The number of esters is 1. The molecule has 0 saturated carbocycles. The van der Waals surface area contributed by atoms with Crippen LogP contribution >= 0.6 is 0 Å². The van der Waals surface area contributed by atoms with E-state index in [0.717, 1.165) is 5.69 Å². The monoisotopic (exact) mass is 399 g/mol. The Bertz CT molecular complexity index is 878. The van der Waals surface area contributed by atoms with Crippen LogP contribution in [0.1, 0.15) is 10.4 Å². The Hall–Kier alpha value is -3.42. The molecule has 2 aromatic rings. The van der Waals surface area contributed by atoms with Crippen molar-refractivity contribution in [3.8, 4) is 11.5 Å². The summed E-state index contributed by atoms with van der Waals surface area (Å²) in [5, 5.41) is 2.81. The van der Waals surface area contributed by atoms with Gasteiger partial charge in [0.25, 0.3) is 0 Å². The van der Waals surface area contributed by atoms with Crippen molar-refractivity contribution in [3.05, 3.63) is 48.0 Å². The van der Waals surface area contributed by atoms with E-state index in [9.17, 15) is 9.59 Å². The number of nitrogens with zero attached hydrogens (tertiary/aromatic N) is 2. The Morgan fingerprint density at radius 3 is 2.24 bits per heavy atom. The molecule has 1 fully saturated rings. The fraction of sp³-hybridized carbons (Fsp3) is 0.333. The standard InChI is InChI=1S/C21H25N3O5/c1-27-18-9-8-15(14-19(18)28-2)23-10-12-24(13-11-23)21(26)22-17-7-5-4-6-16(17)20(25)29-3/h4-9,14H,10-13H2,1-3H3,(H,22,26). The van der Waals surface area contributed by atoms with Gasteiger partial charge >= 0.3 is 12.0 Å². The number of para-hydroxylation sites is 1. The minimum atomic E-state index is -0.487. The van der Waals surface area contributed by atoms with Crippen LogP contribution in [0.25, 0.3) is 0 Å². The third-order valence-electron chi connectivity index (χ3n) is 4.87. The summed E-state index contributed by atoms with van der Waals surface area (Å²) >= 11 is 0. The van der Waals surface area contributed by atoms with E-state index in [1.54, 1.807) is 43.4 Å². The number of benzene rings is 2. The first kappa shape index (κ1) is 20.3. The van der Waals surface area contributed by atoms with E-state index in [1.165, 1.54) is 7.11 Å². The lowest BCUT2D eigenvalue weighted by Gasteiger charge is -2.36. The predicted molar refractivity (Wildman–Crippen MR) is 110 cm³/mol. The Morgan fingerprint density at radius 2 is 1.59 bits per heavy atom. The van der Waals surface area contributed by atoms with E-state index in [1.807, 2.05) is 18.2 Å². The van der Waals surface area contributed by atoms with Crippen LogP contribution in [-0.4, -0.2) is 64.4 Å². The lowest BCUT2D eigenvalue weighted by molar-refractivity contribution is 0.0602. The van der Waals surface area contributed by atoms with Gasteiger partial charge in [-0.1, -0.05) is 12.1 Å². The molecule has 0 radical (unpaired) electrons. The Morgan fingerprint density at radius 1 is 0.897 bits per heavy atom. The first-order valence-corrected chi connectivity index (χ1v) is 9.27. The molecule has 0 bridgehead atoms. The van der Waals surface area contributed by atoms with Crippen LogP contribution in [-0.2, 0) is 4.74 Å². The van der Waals surface area contributed by atoms with Crippen molar-refractivity contribution < 1.29 is 23.8 Å². The van der Waals surface area contributed by atoms with Crippen molar-refractivity contribution in [2.24, 2.45) is 0 Å². The number of methoxy groups -OCH3 is 3. The molecule has 1 heterocycles. The number of nitrogens with one attached hydrogen (secondary N) is 1. The summed E-state index contributed by atoms with van der Waals surface area (Å²) in [5.41, 5.74) is 1.78. The topological polar surface area (TPSA) is 80.3 Å². The van der Waals surface area contributed by atoms with E-state index in [4.69, 9.17) is 14.2 Å². The summed E-state index contributed by atoms with van der Waals surface area (Å²) in [5.74, 6) is 0.863. The number of hydrogen-bond donors (Lipinski definition) is 1. The third kappa shape index (κ3) is 4.53. The minimum absolute atomic E-state index is 0.242. The number of rotatable bonds is 5. The van der Waals surface area contributed by atoms with Gasteiger partial charge in [0.05, 0.1) is 32.6 Å². The normalized spacial score (nSPS) is 13.6. The molecule has 1 aliphatic rings. The molecule has 8 heteroatoms. The summed E-state index contributed by atoms with van der Waals surface area (Å²) in [7, 11) is 4.53. The van der Waals surface area contributed by atoms with E-state index < -0.39 is 5.97 Å². The van der Waals surface area contributed by atoms with Crippen LogP contribution in [0.3, 0.4) is 0 Å². The number of ether oxygens (including phenoxy) is 3. The van der Waals surface area contributed by atoms with Gasteiger partial charge in [0.1, 0.15) is 0 Å². The highest BCUT2D eigenvalue weighted by Crippen LogP contribution is 2.31. The molecule has 2 aromatic carbocycles. The second-order valence-corrected chi connectivity index (χ2v) is 6.48. The molecule has 0 spiro atoms. The van der Waals surface area contributed by atoms with Crippen molar-refractivity contribution in [2.45, 2.75) is 0 Å². The number of anilines is 2. The van der Waals surface area contributed by atoms with Gasteiger partial charge in [0.2, 0.25) is 0 Å². The molecule has 1 saturated heterocycles. The van der Waals surface area contributed by atoms with Gasteiger partial charge in [-0.25, -0.2) is 9.59 Å². The van der Waals surface area contributed by atoms with Gasteiger partial charge in [-0.2, -0.15) is 0 Å². The zero-order chi connectivity index (χ0) is 20.8. The molecule has 29 heavy (non-hydrogen) atoms. The van der Waals surface area contributed by atoms with Crippen molar-refractivity contribution >= 4 is 23.4 Å². The van der Waals surface area contributed by atoms with Gasteiger partial charge < -0.3 is 29.3 Å². The molecule has 154 valence electrons. The minimum Gasteiger partial charge on any atom is -0.493 e. The molecule has 0 aromatic heterocycles. The predicted octanol–water partition coefficient (Wildman–Crippen LogP) is 2.84. The van der Waals surface area contributed by atoms with Crippen LogP contribution in [0.2, 0.25) is 0 Å². The van der Waals surface area contributed by atoms with Crippen molar-refractivity contribution in [1.29, 1.82) is 0 Å². The summed E-state index contributed by atoms with van der Waals surface area (Å²) in [6, 6.07) is 12.3. The molecule has 2 amide bonds. The number of carbonyl (C=O) groups is 2. The average molecular weight is 399 g/mol. The van der Waals surface area contributed by atoms with Gasteiger partial charge in [-0.15, -0.1) is 0 Å². The van der Waals surface area contributed by atoms with Gasteiger partial charge in [-0.3, -0.25) is 0 Å². The van der Waals surface area contributed by atoms with Crippen molar-refractivity contribution in [3.63, 3.8) is 0 Å². The average Bonchev–Trinajstić information content (AvgIpc) is 2.78. The molecule has 8 nitrogen and oxygen atoms in total. The SMILES string of the molecule is COC(=O)c1ccccc1NC(=O)N1CCN(c2ccc(OC)c(OC)c2)CC1. The zero-order valence-corrected chi connectivity index (χ0v) is 16.8. The smallest absolute Gasteiger partial charge is 0.339 e. The van der Waals surface area contributed by atoms with Crippen LogP contribution in [0.4, 0.5) is 16.2 Å². The Balaban J connectivity index is 1.63. The maximum absolute atomic E-state index is 12.7. The summed E-state index contributed by atoms with van der Waals surface area (Å²) in [6.45, 7) is 2.48. The zero-order valence-electron chi connectivity index (χ0n) is 16.8. The van der Waals surface area contributed by atoms with Gasteiger partial charge in [-0.05, 0) is 24.3 Å². The van der Waals surface area contributed by atoms with E-state index in [0.29, 0.717) is 48.9 Å². The Kier molecular flexibility index (Phi) is 6.43. The molecule has 0 aliphatic carbocycles. The van der Waals surface area contributed by atoms with Gasteiger partial charge in [0.15, 0.2) is 11.5 Å². The van der Waals surface area contributed by atoms with Gasteiger partial charge in [0, 0.05) is 37.9 Å². The molecule has 3 rings (SSSR count). The molecular formula is C21H25N3O5. The van der Waals surface area contributed by atoms with Crippen molar-refractivity contribution in [1.82, 2.24) is 4.90 Å². The fourth-order valence-corrected chi connectivity index (χ4v) is 3.26. The molecular weight excluding hydrogens is 374 g/mol. The lowest BCUT2D eigenvalue weighted by atomic mass is 10.2. The number of carbonyl (C=O) groups excluding carboxylic acids is 2. The van der Waals surface area contributed by atoms with E-state index in [-0.39, 0.29) is 6.03 Å².